The van der Waals surface area contributed by atoms with Gasteiger partial charge in [0.05, 0.1) is 12.7 Å². The van der Waals surface area contributed by atoms with E-state index in [2.05, 4.69) is 5.32 Å². The Morgan fingerprint density at radius 3 is 2.39 bits per heavy atom. The van der Waals surface area contributed by atoms with Gasteiger partial charge in [0.1, 0.15) is 23.2 Å². The van der Waals surface area contributed by atoms with Crippen LogP contribution in [0.15, 0.2) is 53.4 Å². The molecule has 176 valence electrons. The minimum Gasteiger partial charge on any atom is -0.497 e. The summed E-state index contributed by atoms with van der Waals surface area (Å²) in [4.78, 5) is 39.8. The van der Waals surface area contributed by atoms with Crippen LogP contribution in [0.1, 0.15) is 36.2 Å². The molecule has 1 N–H and O–H groups in total. The third kappa shape index (κ3) is 5.00. The van der Waals surface area contributed by atoms with E-state index in [4.69, 9.17) is 4.74 Å². The van der Waals surface area contributed by atoms with Gasteiger partial charge in [-0.3, -0.25) is 14.4 Å². The number of sulfonamides is 1. The predicted molar refractivity (Wildman–Crippen MR) is 121 cm³/mol. The van der Waals surface area contributed by atoms with Crippen LogP contribution in [0.25, 0.3) is 0 Å². The number of hydrogen-bond acceptors (Lipinski definition) is 6. The molecule has 1 atom stereocenters. The molecule has 1 heterocycles. The Hall–Kier alpha value is -3.40. The van der Waals surface area contributed by atoms with Gasteiger partial charge in [-0.15, -0.1) is 0 Å². The fraction of sp³-hybridized carbons (Fsp3) is 0.348. The minimum atomic E-state index is -4.15. The Morgan fingerprint density at radius 2 is 1.79 bits per heavy atom. The zero-order chi connectivity index (χ0) is 24.2. The van der Waals surface area contributed by atoms with Crippen LogP contribution in [0.2, 0.25) is 0 Å². The summed E-state index contributed by atoms with van der Waals surface area (Å²) in [6.45, 7) is 3.28. The lowest BCUT2D eigenvalue weighted by Gasteiger charge is -2.30. The maximum Gasteiger partial charge on any atom is 0.269 e. The third-order valence-electron chi connectivity index (χ3n) is 5.42. The van der Waals surface area contributed by atoms with Crippen molar-refractivity contribution in [2.24, 2.45) is 0 Å². The van der Waals surface area contributed by atoms with Crippen LogP contribution in [0, 0.1) is 0 Å². The molecule has 2 aromatic rings. The maximum absolute atomic E-state index is 13.3. The molecule has 0 fully saturated rings. The third-order valence-corrected chi connectivity index (χ3v) is 7.21. The second-order valence-corrected chi connectivity index (χ2v) is 9.48. The number of amides is 3. The van der Waals surface area contributed by atoms with Crippen LogP contribution < -0.4 is 10.1 Å². The Kier molecular flexibility index (Phi) is 7.37. The number of carbonyl (C=O) groups is 3. The first-order chi connectivity index (χ1) is 15.7. The standard InChI is InChI=1S/C23H27N3O6S/c1-4-13-24-22(28)16(2)25(14-17-9-11-18(32-3)12-10-17)21(27)15-26-23(29)19-7-5-6-8-20(19)33(26,30)31/h5-12,16H,4,13-15H2,1-3H3,(H,24,28)/t16-/m0/s1. The molecule has 0 spiro atoms. The van der Waals surface area contributed by atoms with Gasteiger partial charge in [-0.2, -0.15) is 0 Å². The van der Waals surface area contributed by atoms with Gasteiger partial charge < -0.3 is 15.0 Å². The van der Waals surface area contributed by atoms with Crippen LogP contribution >= 0.6 is 0 Å². The molecule has 0 radical (unpaired) electrons. The lowest BCUT2D eigenvalue weighted by atomic mass is 10.1. The first kappa shape index (κ1) is 24.2. The van der Waals surface area contributed by atoms with Crippen molar-refractivity contribution in [1.82, 2.24) is 14.5 Å². The number of nitrogens with one attached hydrogen (secondary N) is 1. The zero-order valence-electron chi connectivity index (χ0n) is 18.8. The average molecular weight is 474 g/mol. The number of fused-ring (bicyclic) bond motifs is 1. The average Bonchev–Trinajstić information content (AvgIpc) is 3.01. The van der Waals surface area contributed by atoms with Crippen LogP contribution in [0.4, 0.5) is 0 Å². The Bertz CT molecular complexity index is 1150. The Labute approximate surface area is 193 Å². The summed E-state index contributed by atoms with van der Waals surface area (Å²) in [6.07, 6.45) is 0.726. The summed E-state index contributed by atoms with van der Waals surface area (Å²) >= 11 is 0. The fourth-order valence-corrected chi connectivity index (χ4v) is 5.03. The zero-order valence-corrected chi connectivity index (χ0v) is 19.6. The molecule has 1 aliphatic heterocycles. The molecule has 0 saturated heterocycles. The number of rotatable bonds is 9. The monoisotopic (exact) mass is 473 g/mol. The van der Waals surface area contributed by atoms with E-state index in [0.29, 0.717) is 16.6 Å². The SMILES string of the molecule is CCCNC(=O)[C@H](C)N(Cc1ccc(OC)cc1)C(=O)CN1C(=O)c2ccccc2S1(=O)=O. The molecule has 33 heavy (non-hydrogen) atoms. The quantitative estimate of drug-likeness (QED) is 0.594. The van der Waals surface area contributed by atoms with E-state index in [1.165, 1.54) is 30.2 Å². The second kappa shape index (κ2) is 10.0. The molecule has 0 unspecified atom stereocenters. The van der Waals surface area contributed by atoms with Crippen molar-refractivity contribution in [3.8, 4) is 5.75 Å². The number of ether oxygens (including phenoxy) is 1. The maximum atomic E-state index is 13.3. The molecule has 0 saturated carbocycles. The Morgan fingerprint density at radius 1 is 1.12 bits per heavy atom. The summed E-state index contributed by atoms with van der Waals surface area (Å²) in [7, 11) is -2.61. The largest absolute Gasteiger partial charge is 0.497 e. The number of methoxy groups -OCH3 is 1. The first-order valence-electron chi connectivity index (χ1n) is 10.6. The molecule has 10 heteroatoms. The van der Waals surface area contributed by atoms with Crippen LogP contribution in [-0.4, -0.2) is 61.6 Å². The van der Waals surface area contributed by atoms with Gasteiger partial charge in [-0.05, 0) is 43.2 Å². The van der Waals surface area contributed by atoms with Crippen molar-refractivity contribution >= 4 is 27.7 Å². The molecule has 2 aromatic carbocycles. The summed E-state index contributed by atoms with van der Waals surface area (Å²) in [5.41, 5.74) is 0.749. The molecular weight excluding hydrogens is 446 g/mol. The van der Waals surface area contributed by atoms with Gasteiger partial charge in [0.15, 0.2) is 0 Å². The topological polar surface area (TPSA) is 113 Å². The molecular formula is C23H27N3O6S. The smallest absolute Gasteiger partial charge is 0.269 e. The van der Waals surface area contributed by atoms with E-state index in [0.717, 1.165) is 12.0 Å². The van der Waals surface area contributed by atoms with Gasteiger partial charge >= 0.3 is 0 Å². The summed E-state index contributed by atoms with van der Waals surface area (Å²) < 4.78 is 31.5. The van der Waals surface area contributed by atoms with Crippen LogP contribution in [0.3, 0.4) is 0 Å². The van der Waals surface area contributed by atoms with E-state index in [9.17, 15) is 22.8 Å². The van der Waals surface area contributed by atoms with E-state index in [-0.39, 0.29) is 22.9 Å². The molecule has 0 aliphatic carbocycles. The molecule has 0 aromatic heterocycles. The molecule has 1 aliphatic rings. The number of benzene rings is 2. The van der Waals surface area contributed by atoms with Crippen molar-refractivity contribution in [1.29, 1.82) is 0 Å². The lowest BCUT2D eigenvalue weighted by Crippen LogP contribution is -2.51. The van der Waals surface area contributed by atoms with Crippen molar-refractivity contribution in [3.05, 3.63) is 59.7 Å². The highest BCUT2D eigenvalue weighted by molar-refractivity contribution is 7.90. The number of carbonyl (C=O) groups excluding carboxylic acids is 3. The summed E-state index contributed by atoms with van der Waals surface area (Å²) in [5, 5.41) is 2.75. The molecule has 3 amide bonds. The molecule has 3 rings (SSSR count). The van der Waals surface area contributed by atoms with E-state index < -0.39 is 34.4 Å². The minimum absolute atomic E-state index is 0.0285. The van der Waals surface area contributed by atoms with Gasteiger partial charge in [-0.25, -0.2) is 12.7 Å². The van der Waals surface area contributed by atoms with Crippen molar-refractivity contribution in [3.63, 3.8) is 0 Å². The first-order valence-corrected chi connectivity index (χ1v) is 12.0. The van der Waals surface area contributed by atoms with Crippen molar-refractivity contribution in [2.45, 2.75) is 37.8 Å². The normalized spacial score (nSPS) is 15.0. The van der Waals surface area contributed by atoms with Gasteiger partial charge in [0.2, 0.25) is 11.8 Å². The van der Waals surface area contributed by atoms with Crippen molar-refractivity contribution < 1.29 is 27.5 Å². The molecule has 0 bridgehead atoms. The highest BCUT2D eigenvalue weighted by atomic mass is 32.2. The Balaban J connectivity index is 1.87. The predicted octanol–water partition coefficient (Wildman–Crippen LogP) is 1.78. The van der Waals surface area contributed by atoms with Crippen molar-refractivity contribution in [2.75, 3.05) is 20.2 Å². The summed E-state index contributed by atoms with van der Waals surface area (Å²) in [5.74, 6) is -1.14. The van der Waals surface area contributed by atoms with Crippen LogP contribution in [0.5, 0.6) is 5.75 Å². The fourth-order valence-electron chi connectivity index (χ4n) is 3.51. The number of hydrogen-bond donors (Lipinski definition) is 1. The van der Waals surface area contributed by atoms with E-state index in [1.54, 1.807) is 37.3 Å². The van der Waals surface area contributed by atoms with Gasteiger partial charge in [0.25, 0.3) is 15.9 Å². The highest BCUT2D eigenvalue weighted by Gasteiger charge is 2.43. The second-order valence-electron chi connectivity index (χ2n) is 7.65. The van der Waals surface area contributed by atoms with Gasteiger partial charge in [0, 0.05) is 13.1 Å². The van der Waals surface area contributed by atoms with E-state index in [1.807, 2.05) is 6.92 Å². The lowest BCUT2D eigenvalue weighted by molar-refractivity contribution is -0.140. The number of nitrogens with zero attached hydrogens (tertiary/aromatic N) is 2. The van der Waals surface area contributed by atoms with Gasteiger partial charge in [-0.1, -0.05) is 31.2 Å². The molecule has 9 nitrogen and oxygen atoms in total. The highest BCUT2D eigenvalue weighted by Crippen LogP contribution is 2.30. The summed E-state index contributed by atoms with van der Waals surface area (Å²) in [6, 6.07) is 11.9. The van der Waals surface area contributed by atoms with Crippen LogP contribution in [-0.2, 0) is 26.2 Å². The van der Waals surface area contributed by atoms with E-state index >= 15 is 0 Å².